The largest absolute Gasteiger partial charge is 0.339 e. The summed E-state index contributed by atoms with van der Waals surface area (Å²) in [6, 6.07) is 1.96. The lowest BCUT2D eigenvalue weighted by molar-refractivity contribution is 0.257. The molecule has 1 saturated heterocycles. The second kappa shape index (κ2) is 6.35. The van der Waals surface area contributed by atoms with Crippen LogP contribution in [0.5, 0.6) is 0 Å². The first-order valence-corrected chi connectivity index (χ1v) is 7.68. The second-order valence-corrected chi connectivity index (χ2v) is 5.99. The highest BCUT2D eigenvalue weighted by molar-refractivity contribution is 5.57. The Morgan fingerprint density at radius 2 is 2.38 bits per heavy atom. The van der Waals surface area contributed by atoms with Gasteiger partial charge in [0.25, 0.3) is 0 Å². The molecule has 5 heteroatoms. The quantitative estimate of drug-likeness (QED) is 0.936. The molecule has 3 heterocycles. The topological polar surface area (TPSA) is 63.8 Å². The van der Waals surface area contributed by atoms with Gasteiger partial charge in [-0.2, -0.15) is 4.98 Å². The minimum absolute atomic E-state index is 0.557. The first-order chi connectivity index (χ1) is 10.2. The summed E-state index contributed by atoms with van der Waals surface area (Å²) in [5, 5.41) is 7.57. The van der Waals surface area contributed by atoms with Crippen LogP contribution in [-0.4, -0.2) is 28.2 Å². The van der Waals surface area contributed by atoms with Crippen molar-refractivity contribution in [1.29, 1.82) is 0 Å². The van der Waals surface area contributed by atoms with Gasteiger partial charge in [0.15, 0.2) is 0 Å². The van der Waals surface area contributed by atoms with E-state index in [-0.39, 0.29) is 0 Å². The van der Waals surface area contributed by atoms with E-state index in [1.807, 2.05) is 13.0 Å². The van der Waals surface area contributed by atoms with Crippen molar-refractivity contribution in [2.75, 3.05) is 13.1 Å². The van der Waals surface area contributed by atoms with Crippen molar-refractivity contribution in [3.63, 3.8) is 0 Å². The highest BCUT2D eigenvalue weighted by Gasteiger charge is 2.22. The van der Waals surface area contributed by atoms with Crippen LogP contribution < -0.4 is 5.32 Å². The third kappa shape index (κ3) is 3.29. The lowest BCUT2D eigenvalue weighted by Crippen LogP contribution is -2.33. The average Bonchev–Trinajstić information content (AvgIpc) is 2.97. The molecule has 2 aromatic heterocycles. The Morgan fingerprint density at radius 1 is 1.48 bits per heavy atom. The highest BCUT2D eigenvalue weighted by atomic mass is 16.5. The van der Waals surface area contributed by atoms with Crippen LogP contribution in [0, 0.1) is 18.8 Å². The summed E-state index contributed by atoms with van der Waals surface area (Å²) in [5.74, 6) is 2.63. The molecule has 2 aromatic rings. The Labute approximate surface area is 125 Å². The van der Waals surface area contributed by atoms with Crippen molar-refractivity contribution in [2.24, 2.45) is 11.8 Å². The molecule has 1 aliphatic rings. The van der Waals surface area contributed by atoms with E-state index in [0.29, 0.717) is 17.7 Å². The van der Waals surface area contributed by atoms with Gasteiger partial charge in [-0.25, -0.2) is 0 Å². The van der Waals surface area contributed by atoms with Crippen LogP contribution in [-0.2, 0) is 6.42 Å². The summed E-state index contributed by atoms with van der Waals surface area (Å²) in [6.45, 7) is 6.55. The maximum Gasteiger partial charge on any atom is 0.227 e. The molecule has 5 nitrogen and oxygen atoms in total. The van der Waals surface area contributed by atoms with Crippen molar-refractivity contribution in [1.82, 2.24) is 20.4 Å². The van der Waals surface area contributed by atoms with Crippen LogP contribution >= 0.6 is 0 Å². The normalized spacial score (nSPS) is 20.4. The lowest BCUT2D eigenvalue weighted by atomic mass is 9.85. The van der Waals surface area contributed by atoms with Crippen LogP contribution in [0.2, 0.25) is 0 Å². The maximum atomic E-state index is 5.43. The zero-order valence-corrected chi connectivity index (χ0v) is 12.7. The lowest BCUT2D eigenvalue weighted by Gasteiger charge is -2.27. The summed E-state index contributed by atoms with van der Waals surface area (Å²) < 4.78 is 5.43. The summed E-state index contributed by atoms with van der Waals surface area (Å²) in [6.07, 6.45) is 6.96. The third-order valence-corrected chi connectivity index (χ3v) is 4.38. The molecule has 21 heavy (non-hydrogen) atoms. The molecule has 3 rings (SSSR count). The number of piperidine rings is 1. The van der Waals surface area contributed by atoms with E-state index in [4.69, 9.17) is 4.52 Å². The molecule has 1 aliphatic heterocycles. The number of hydrogen-bond acceptors (Lipinski definition) is 5. The van der Waals surface area contributed by atoms with Crippen LogP contribution in [0.15, 0.2) is 23.0 Å². The predicted octanol–water partition coefficient (Wildman–Crippen LogP) is 2.62. The highest BCUT2D eigenvalue weighted by Crippen LogP contribution is 2.24. The van der Waals surface area contributed by atoms with Gasteiger partial charge in [0.1, 0.15) is 0 Å². The van der Waals surface area contributed by atoms with Gasteiger partial charge >= 0.3 is 0 Å². The molecule has 0 amide bonds. The number of aryl methyl sites for hydroxylation is 1. The second-order valence-electron chi connectivity index (χ2n) is 5.99. The van der Waals surface area contributed by atoms with Crippen LogP contribution in [0.4, 0.5) is 0 Å². The first kappa shape index (κ1) is 14.2. The fourth-order valence-corrected chi connectivity index (χ4v) is 2.95. The molecule has 0 aromatic carbocycles. The Kier molecular flexibility index (Phi) is 4.29. The van der Waals surface area contributed by atoms with Crippen molar-refractivity contribution in [3.05, 3.63) is 29.9 Å². The predicted molar refractivity (Wildman–Crippen MR) is 80.7 cm³/mol. The Hall–Kier alpha value is -1.75. The number of nitrogens with one attached hydrogen (secondary N) is 1. The van der Waals surface area contributed by atoms with E-state index in [1.165, 1.54) is 12.8 Å². The number of hydrogen-bond donors (Lipinski definition) is 1. The molecule has 0 saturated carbocycles. The number of rotatable bonds is 4. The third-order valence-electron chi connectivity index (χ3n) is 4.38. The van der Waals surface area contributed by atoms with Gasteiger partial charge in [0, 0.05) is 24.4 Å². The molecule has 0 spiro atoms. The smallest absolute Gasteiger partial charge is 0.227 e. The number of nitrogens with zero attached hydrogens (tertiary/aromatic N) is 3. The molecule has 1 N–H and O–H groups in total. The van der Waals surface area contributed by atoms with Gasteiger partial charge in [0.05, 0.1) is 0 Å². The minimum Gasteiger partial charge on any atom is -0.339 e. The zero-order chi connectivity index (χ0) is 14.7. The van der Waals surface area contributed by atoms with Crippen LogP contribution in [0.25, 0.3) is 11.4 Å². The molecule has 0 radical (unpaired) electrons. The van der Waals surface area contributed by atoms with Crippen LogP contribution in [0.1, 0.15) is 31.2 Å². The molecule has 2 atom stereocenters. The molecule has 2 unspecified atom stereocenters. The summed E-state index contributed by atoms with van der Waals surface area (Å²) >= 11 is 0. The number of pyridine rings is 1. The molecule has 112 valence electrons. The molecular formula is C16H22N4O. The fourth-order valence-electron chi connectivity index (χ4n) is 2.95. The van der Waals surface area contributed by atoms with E-state index < -0.39 is 0 Å². The van der Waals surface area contributed by atoms with E-state index >= 15 is 0 Å². The van der Waals surface area contributed by atoms with Gasteiger partial charge in [-0.05, 0) is 56.3 Å². The van der Waals surface area contributed by atoms with Crippen LogP contribution in [0.3, 0.4) is 0 Å². The summed E-state index contributed by atoms with van der Waals surface area (Å²) in [4.78, 5) is 8.67. The van der Waals surface area contributed by atoms with Crippen molar-refractivity contribution >= 4 is 0 Å². The Bertz CT molecular complexity index is 589. The van der Waals surface area contributed by atoms with E-state index in [9.17, 15) is 0 Å². The van der Waals surface area contributed by atoms with Gasteiger partial charge in [0.2, 0.25) is 11.7 Å². The van der Waals surface area contributed by atoms with Crippen molar-refractivity contribution in [2.45, 2.75) is 33.1 Å². The van der Waals surface area contributed by atoms with Gasteiger partial charge in [-0.1, -0.05) is 12.1 Å². The Balaban J connectivity index is 1.69. The van der Waals surface area contributed by atoms with Crippen molar-refractivity contribution < 1.29 is 4.52 Å². The summed E-state index contributed by atoms with van der Waals surface area (Å²) in [5.41, 5.74) is 2.06. The molecular weight excluding hydrogens is 264 g/mol. The van der Waals surface area contributed by atoms with E-state index in [1.54, 1.807) is 12.4 Å². The van der Waals surface area contributed by atoms with Gasteiger partial charge < -0.3 is 9.84 Å². The average molecular weight is 286 g/mol. The standard InChI is InChI=1S/C16H22N4O/c1-11-5-7-18-10-14(11)16-19-15(21-20-16)8-12(2)13-4-3-6-17-9-13/h5,7,10,12-13,17H,3-4,6,8-9H2,1-2H3. The monoisotopic (exact) mass is 286 g/mol. The van der Waals surface area contributed by atoms with Gasteiger partial charge in [-0.3, -0.25) is 4.98 Å². The molecule has 0 aliphatic carbocycles. The van der Waals surface area contributed by atoms with E-state index in [2.05, 4.69) is 27.4 Å². The maximum absolute atomic E-state index is 5.43. The van der Waals surface area contributed by atoms with E-state index in [0.717, 1.165) is 36.5 Å². The first-order valence-electron chi connectivity index (χ1n) is 7.68. The summed E-state index contributed by atoms with van der Waals surface area (Å²) in [7, 11) is 0. The minimum atomic E-state index is 0.557. The molecule has 1 fully saturated rings. The number of aromatic nitrogens is 3. The fraction of sp³-hybridized carbons (Fsp3) is 0.562. The molecule has 0 bridgehead atoms. The Morgan fingerprint density at radius 3 is 3.14 bits per heavy atom. The van der Waals surface area contributed by atoms with Crippen molar-refractivity contribution in [3.8, 4) is 11.4 Å². The van der Waals surface area contributed by atoms with Gasteiger partial charge in [-0.15, -0.1) is 0 Å². The zero-order valence-electron chi connectivity index (χ0n) is 12.7. The SMILES string of the molecule is Cc1ccncc1-c1noc(CC(C)C2CCCNC2)n1.